The summed E-state index contributed by atoms with van der Waals surface area (Å²) in [5.41, 5.74) is 3.13. The van der Waals surface area contributed by atoms with Gasteiger partial charge in [0.05, 0.1) is 17.0 Å². The SMILES string of the molecule is COC(C)(C)CNCc1c(C)nc2ccccn12. The number of methoxy groups -OCH3 is 1. The zero-order valence-electron chi connectivity index (χ0n) is 11.5. The van der Waals surface area contributed by atoms with Crippen molar-refractivity contribution < 1.29 is 4.74 Å². The summed E-state index contributed by atoms with van der Waals surface area (Å²) in [6, 6.07) is 6.05. The summed E-state index contributed by atoms with van der Waals surface area (Å²) in [5, 5.41) is 3.43. The van der Waals surface area contributed by atoms with Crippen LogP contribution in [-0.4, -0.2) is 28.6 Å². The maximum atomic E-state index is 5.39. The van der Waals surface area contributed by atoms with Crippen molar-refractivity contribution in [1.29, 1.82) is 0 Å². The van der Waals surface area contributed by atoms with E-state index in [1.54, 1.807) is 7.11 Å². The lowest BCUT2D eigenvalue weighted by atomic mass is 10.1. The van der Waals surface area contributed by atoms with Gasteiger partial charge in [-0.2, -0.15) is 0 Å². The molecule has 2 rings (SSSR count). The molecule has 0 saturated carbocycles. The molecule has 0 saturated heterocycles. The summed E-state index contributed by atoms with van der Waals surface area (Å²) in [5.74, 6) is 0. The molecule has 2 aromatic rings. The number of hydrogen-bond donors (Lipinski definition) is 1. The van der Waals surface area contributed by atoms with Crippen LogP contribution in [0, 0.1) is 6.92 Å². The largest absolute Gasteiger partial charge is 0.377 e. The lowest BCUT2D eigenvalue weighted by molar-refractivity contribution is 0.0230. The van der Waals surface area contributed by atoms with Crippen molar-refractivity contribution in [3.05, 3.63) is 35.8 Å². The van der Waals surface area contributed by atoms with Crippen molar-refractivity contribution in [1.82, 2.24) is 14.7 Å². The Bertz CT molecular complexity index is 531. The summed E-state index contributed by atoms with van der Waals surface area (Å²) >= 11 is 0. The number of imidazole rings is 1. The maximum Gasteiger partial charge on any atom is 0.137 e. The first-order valence-corrected chi connectivity index (χ1v) is 6.22. The quantitative estimate of drug-likeness (QED) is 0.880. The van der Waals surface area contributed by atoms with Gasteiger partial charge in [0.1, 0.15) is 5.65 Å². The second kappa shape index (κ2) is 5.08. The first-order chi connectivity index (χ1) is 8.53. The summed E-state index contributed by atoms with van der Waals surface area (Å²) in [6.07, 6.45) is 2.05. The van der Waals surface area contributed by atoms with Crippen molar-refractivity contribution in [3.63, 3.8) is 0 Å². The zero-order valence-corrected chi connectivity index (χ0v) is 11.5. The van der Waals surface area contributed by atoms with Gasteiger partial charge < -0.3 is 14.5 Å². The number of nitrogens with zero attached hydrogens (tertiary/aromatic N) is 2. The molecular formula is C14H21N3O. The van der Waals surface area contributed by atoms with Crippen LogP contribution in [0.1, 0.15) is 25.2 Å². The van der Waals surface area contributed by atoms with Crippen LogP contribution in [0.5, 0.6) is 0 Å². The molecule has 0 aromatic carbocycles. The fourth-order valence-electron chi connectivity index (χ4n) is 1.93. The Morgan fingerprint density at radius 2 is 2.17 bits per heavy atom. The Kier molecular flexibility index (Phi) is 3.68. The molecule has 4 heteroatoms. The Morgan fingerprint density at radius 3 is 2.89 bits per heavy atom. The van der Waals surface area contributed by atoms with E-state index in [-0.39, 0.29) is 5.60 Å². The summed E-state index contributed by atoms with van der Waals surface area (Å²) < 4.78 is 7.52. The van der Waals surface area contributed by atoms with Crippen LogP contribution in [0.15, 0.2) is 24.4 Å². The van der Waals surface area contributed by atoms with Crippen LogP contribution in [-0.2, 0) is 11.3 Å². The highest BCUT2D eigenvalue weighted by Gasteiger charge is 2.16. The van der Waals surface area contributed by atoms with E-state index in [2.05, 4.69) is 28.5 Å². The van der Waals surface area contributed by atoms with E-state index in [0.717, 1.165) is 24.4 Å². The predicted octanol–water partition coefficient (Wildman–Crippen LogP) is 2.16. The highest BCUT2D eigenvalue weighted by Crippen LogP contribution is 2.12. The van der Waals surface area contributed by atoms with Crippen LogP contribution in [0.4, 0.5) is 0 Å². The van der Waals surface area contributed by atoms with Gasteiger partial charge in [-0.1, -0.05) is 6.07 Å². The fraction of sp³-hybridized carbons (Fsp3) is 0.500. The molecule has 1 N–H and O–H groups in total. The molecular weight excluding hydrogens is 226 g/mol. The first-order valence-electron chi connectivity index (χ1n) is 6.22. The minimum Gasteiger partial charge on any atom is -0.377 e. The second-order valence-electron chi connectivity index (χ2n) is 5.14. The molecule has 0 atom stereocenters. The van der Waals surface area contributed by atoms with Crippen molar-refractivity contribution >= 4 is 5.65 Å². The summed E-state index contributed by atoms with van der Waals surface area (Å²) in [6.45, 7) is 7.79. The molecule has 2 aromatic heterocycles. The van der Waals surface area contributed by atoms with Gasteiger partial charge in [0, 0.05) is 26.4 Å². The normalized spacial score (nSPS) is 12.2. The van der Waals surface area contributed by atoms with Crippen LogP contribution in [0.2, 0.25) is 0 Å². The number of aryl methyl sites for hydroxylation is 1. The van der Waals surface area contributed by atoms with Gasteiger partial charge in [0.2, 0.25) is 0 Å². The number of pyridine rings is 1. The van der Waals surface area contributed by atoms with Crippen molar-refractivity contribution in [3.8, 4) is 0 Å². The summed E-state index contributed by atoms with van der Waals surface area (Å²) in [7, 11) is 1.74. The third-order valence-corrected chi connectivity index (χ3v) is 3.22. The van der Waals surface area contributed by atoms with Gasteiger partial charge in [-0.25, -0.2) is 4.98 Å². The van der Waals surface area contributed by atoms with E-state index in [1.807, 2.05) is 31.3 Å². The molecule has 0 aliphatic heterocycles. The minimum atomic E-state index is -0.144. The molecule has 4 nitrogen and oxygen atoms in total. The Hall–Kier alpha value is -1.39. The smallest absolute Gasteiger partial charge is 0.137 e. The van der Waals surface area contributed by atoms with E-state index in [4.69, 9.17) is 4.74 Å². The van der Waals surface area contributed by atoms with Gasteiger partial charge in [-0.15, -0.1) is 0 Å². The van der Waals surface area contributed by atoms with Gasteiger partial charge >= 0.3 is 0 Å². The molecule has 98 valence electrons. The Balaban J connectivity index is 2.10. The van der Waals surface area contributed by atoms with Crippen LogP contribution in [0.3, 0.4) is 0 Å². The predicted molar refractivity (Wildman–Crippen MR) is 72.7 cm³/mol. The molecule has 2 heterocycles. The molecule has 0 radical (unpaired) electrons. The van der Waals surface area contributed by atoms with Crippen LogP contribution < -0.4 is 5.32 Å². The van der Waals surface area contributed by atoms with Crippen LogP contribution >= 0.6 is 0 Å². The van der Waals surface area contributed by atoms with Crippen LogP contribution in [0.25, 0.3) is 5.65 Å². The number of ether oxygens (including phenoxy) is 1. The van der Waals surface area contributed by atoms with Gasteiger partial charge in [0.15, 0.2) is 0 Å². The minimum absolute atomic E-state index is 0.144. The first kappa shape index (κ1) is 13.1. The summed E-state index contributed by atoms with van der Waals surface area (Å²) in [4.78, 5) is 4.54. The molecule has 0 unspecified atom stereocenters. The molecule has 0 fully saturated rings. The Morgan fingerprint density at radius 1 is 1.39 bits per heavy atom. The number of fused-ring (bicyclic) bond motifs is 1. The average Bonchev–Trinajstić information content (AvgIpc) is 2.66. The molecule has 0 aliphatic rings. The number of aromatic nitrogens is 2. The lowest BCUT2D eigenvalue weighted by Crippen LogP contribution is -2.36. The average molecular weight is 247 g/mol. The third-order valence-electron chi connectivity index (χ3n) is 3.22. The standard InChI is InChI=1S/C14H21N3O/c1-11-12(9-15-10-14(2,3)18-4)17-8-6-5-7-13(17)16-11/h5-8,15H,9-10H2,1-4H3. The van der Waals surface area contributed by atoms with E-state index in [0.29, 0.717) is 0 Å². The van der Waals surface area contributed by atoms with Crippen molar-refractivity contribution in [2.45, 2.75) is 32.9 Å². The molecule has 0 spiro atoms. The van der Waals surface area contributed by atoms with Gasteiger partial charge in [-0.05, 0) is 32.9 Å². The van der Waals surface area contributed by atoms with E-state index in [1.165, 1.54) is 5.69 Å². The van der Waals surface area contributed by atoms with Gasteiger partial charge in [-0.3, -0.25) is 0 Å². The maximum absolute atomic E-state index is 5.39. The molecule has 0 bridgehead atoms. The van der Waals surface area contributed by atoms with E-state index >= 15 is 0 Å². The monoisotopic (exact) mass is 247 g/mol. The molecule has 0 aliphatic carbocycles. The number of hydrogen-bond acceptors (Lipinski definition) is 3. The highest BCUT2D eigenvalue weighted by molar-refractivity contribution is 5.42. The fourth-order valence-corrected chi connectivity index (χ4v) is 1.93. The van der Waals surface area contributed by atoms with E-state index in [9.17, 15) is 0 Å². The molecule has 0 amide bonds. The number of rotatable bonds is 5. The topological polar surface area (TPSA) is 38.6 Å². The van der Waals surface area contributed by atoms with E-state index < -0.39 is 0 Å². The Labute approximate surface area is 108 Å². The zero-order chi connectivity index (χ0) is 13.2. The lowest BCUT2D eigenvalue weighted by Gasteiger charge is -2.23. The highest BCUT2D eigenvalue weighted by atomic mass is 16.5. The van der Waals surface area contributed by atoms with Crippen molar-refractivity contribution in [2.24, 2.45) is 0 Å². The van der Waals surface area contributed by atoms with Gasteiger partial charge in [0.25, 0.3) is 0 Å². The number of nitrogens with one attached hydrogen (secondary N) is 1. The second-order valence-corrected chi connectivity index (χ2v) is 5.14. The third kappa shape index (κ3) is 2.71. The molecule has 18 heavy (non-hydrogen) atoms. The van der Waals surface area contributed by atoms with Crippen molar-refractivity contribution in [2.75, 3.05) is 13.7 Å².